The van der Waals surface area contributed by atoms with E-state index in [1.165, 1.54) is 5.54 Å². The highest BCUT2D eigenvalue weighted by atomic mass is 35.5. The van der Waals surface area contributed by atoms with Crippen LogP contribution in [0.3, 0.4) is 0 Å². The van der Waals surface area contributed by atoms with Gasteiger partial charge in [0.2, 0.25) is 0 Å². The number of ether oxygens (including phenoxy) is 1. The Hall–Kier alpha value is -0.410. The van der Waals surface area contributed by atoms with Gasteiger partial charge in [0.05, 0.1) is 16.7 Å². The summed E-state index contributed by atoms with van der Waals surface area (Å²) in [5.74, 6) is 0.429. The van der Waals surface area contributed by atoms with E-state index < -0.39 is 0 Å². The molecule has 0 spiro atoms. The minimum atomic E-state index is -0.141. The highest BCUT2D eigenvalue weighted by Gasteiger charge is 2.07. The molecule has 0 aromatic heterocycles. The lowest BCUT2D eigenvalue weighted by atomic mass is 10.2. The van der Waals surface area contributed by atoms with Crippen LogP contribution < -0.4 is 4.74 Å². The van der Waals surface area contributed by atoms with Gasteiger partial charge in [-0.3, -0.25) is 0 Å². The van der Waals surface area contributed by atoms with Crippen LogP contribution in [0, 0.1) is 0 Å². The molecule has 0 fully saturated rings. The van der Waals surface area contributed by atoms with E-state index in [9.17, 15) is 0 Å². The molecule has 1 aromatic carbocycles. The fourth-order valence-corrected chi connectivity index (χ4v) is 1.38. The molecule has 5 heteroatoms. The molecule has 0 radical (unpaired) electrons. The Bertz CT molecular complexity index is 364. The summed E-state index contributed by atoms with van der Waals surface area (Å²) in [5, 5.41) is 9.85. The van der Waals surface area contributed by atoms with Crippen LogP contribution >= 0.6 is 34.8 Å². The molecule has 82 valence electrons. The number of halogens is 3. The van der Waals surface area contributed by atoms with Crippen molar-refractivity contribution in [3.05, 3.63) is 39.4 Å². The Morgan fingerprint density at radius 2 is 2.20 bits per heavy atom. The van der Waals surface area contributed by atoms with Crippen LogP contribution in [0.25, 0.3) is 0 Å². The second kappa shape index (κ2) is 6.23. The third-order valence-corrected chi connectivity index (χ3v) is 2.58. The lowest BCUT2D eigenvalue weighted by Gasteiger charge is -2.10. The minimum Gasteiger partial charge on any atom is -0.486 e. The van der Waals surface area contributed by atoms with Gasteiger partial charge in [-0.15, -0.1) is 0 Å². The fraction of sp³-hybridized carbons (Fsp3) is 0.200. The van der Waals surface area contributed by atoms with Crippen molar-refractivity contribution in [2.45, 2.75) is 6.61 Å². The van der Waals surface area contributed by atoms with Crippen molar-refractivity contribution >= 4 is 34.8 Å². The third-order valence-electron chi connectivity index (χ3n) is 1.69. The van der Waals surface area contributed by atoms with Crippen LogP contribution in [-0.2, 0) is 6.61 Å². The van der Waals surface area contributed by atoms with Crippen LogP contribution in [0.15, 0.2) is 28.8 Å². The summed E-state index contributed by atoms with van der Waals surface area (Å²) in [6.07, 6.45) is 0. The summed E-state index contributed by atoms with van der Waals surface area (Å²) in [6, 6.07) is 5.13. The monoisotopic (exact) mass is 266 g/mol. The van der Waals surface area contributed by atoms with E-state index in [0.717, 1.165) is 0 Å². The Kier molecular flexibility index (Phi) is 5.26. The maximum Gasteiger partial charge on any atom is 0.143 e. The molecule has 0 aliphatic carbocycles. The zero-order valence-corrected chi connectivity index (χ0v) is 9.98. The van der Waals surface area contributed by atoms with Gasteiger partial charge in [-0.1, -0.05) is 46.9 Å². The third kappa shape index (κ3) is 3.58. The molecule has 1 aromatic rings. The highest BCUT2D eigenvalue weighted by molar-refractivity contribution is 6.36. The molecule has 0 bridgehead atoms. The van der Waals surface area contributed by atoms with Crippen LogP contribution in [0.4, 0.5) is 0 Å². The summed E-state index contributed by atoms with van der Waals surface area (Å²) < 4.78 is 5.33. The molecule has 0 heterocycles. The predicted molar refractivity (Wildman–Crippen MR) is 62.7 cm³/mol. The highest BCUT2D eigenvalue weighted by Crippen LogP contribution is 2.29. The molecule has 1 rings (SSSR count). The topological polar surface area (TPSA) is 29.5 Å². The van der Waals surface area contributed by atoms with Crippen LogP contribution in [-0.4, -0.2) is 11.7 Å². The standard InChI is InChI=1S/C10H9Cl3O2/c11-4-8(12)6-15-10-7(5-14)2-1-3-9(10)13/h1-4,14H,5-6H2/b8-4-. The van der Waals surface area contributed by atoms with Gasteiger partial charge in [-0.05, 0) is 6.07 Å². The number of aliphatic hydroxyl groups excluding tert-OH is 1. The quantitative estimate of drug-likeness (QED) is 0.904. The van der Waals surface area contributed by atoms with Gasteiger partial charge in [0.25, 0.3) is 0 Å². The van der Waals surface area contributed by atoms with Gasteiger partial charge in [-0.25, -0.2) is 0 Å². The molecule has 0 aliphatic heterocycles. The van der Waals surface area contributed by atoms with E-state index in [2.05, 4.69) is 0 Å². The first-order valence-corrected chi connectivity index (χ1v) is 5.34. The second-order valence-corrected chi connectivity index (χ2v) is 3.84. The van der Waals surface area contributed by atoms with E-state index in [4.69, 9.17) is 44.6 Å². The van der Waals surface area contributed by atoms with Gasteiger partial charge in [0, 0.05) is 11.1 Å². The number of benzene rings is 1. The van der Waals surface area contributed by atoms with Gasteiger partial charge in [-0.2, -0.15) is 0 Å². The fourth-order valence-electron chi connectivity index (χ4n) is 1.01. The van der Waals surface area contributed by atoms with Crippen molar-refractivity contribution in [3.63, 3.8) is 0 Å². The second-order valence-electron chi connectivity index (χ2n) is 2.73. The number of para-hydroxylation sites is 1. The van der Waals surface area contributed by atoms with Crippen LogP contribution in [0.5, 0.6) is 5.75 Å². The lowest BCUT2D eigenvalue weighted by molar-refractivity contribution is 0.269. The van der Waals surface area contributed by atoms with E-state index in [0.29, 0.717) is 21.4 Å². The molecule has 15 heavy (non-hydrogen) atoms. The number of aliphatic hydroxyl groups is 1. The number of rotatable bonds is 4. The zero-order chi connectivity index (χ0) is 11.3. The van der Waals surface area contributed by atoms with E-state index in [1.807, 2.05) is 0 Å². The average Bonchev–Trinajstić information content (AvgIpc) is 2.26. The summed E-state index contributed by atoms with van der Waals surface area (Å²) in [6.45, 7) is -0.0140. The molecular formula is C10H9Cl3O2. The largest absolute Gasteiger partial charge is 0.486 e. The van der Waals surface area contributed by atoms with E-state index in [1.54, 1.807) is 18.2 Å². The van der Waals surface area contributed by atoms with E-state index >= 15 is 0 Å². The Morgan fingerprint density at radius 1 is 1.47 bits per heavy atom. The first kappa shape index (κ1) is 12.7. The Labute approximate surface area is 103 Å². The molecule has 0 aliphatic rings. The molecular weight excluding hydrogens is 258 g/mol. The summed E-state index contributed by atoms with van der Waals surface area (Å²) in [4.78, 5) is 0. The average molecular weight is 268 g/mol. The predicted octanol–water partition coefficient (Wildman–Crippen LogP) is 3.53. The van der Waals surface area contributed by atoms with Gasteiger partial charge < -0.3 is 9.84 Å². The van der Waals surface area contributed by atoms with Crippen molar-refractivity contribution in [1.29, 1.82) is 0 Å². The van der Waals surface area contributed by atoms with Crippen LogP contribution in [0.2, 0.25) is 5.02 Å². The molecule has 0 amide bonds. The minimum absolute atomic E-state index is 0.127. The number of hydrogen-bond acceptors (Lipinski definition) is 2. The van der Waals surface area contributed by atoms with Crippen molar-refractivity contribution in [1.82, 2.24) is 0 Å². The van der Waals surface area contributed by atoms with Gasteiger partial charge in [0.1, 0.15) is 12.4 Å². The zero-order valence-electron chi connectivity index (χ0n) is 7.71. The van der Waals surface area contributed by atoms with E-state index in [-0.39, 0.29) is 13.2 Å². The molecule has 0 unspecified atom stereocenters. The number of hydrogen-bond donors (Lipinski definition) is 1. The normalized spacial score (nSPS) is 11.6. The maximum atomic E-state index is 9.05. The SMILES string of the molecule is OCc1cccc(Cl)c1OC/C(Cl)=C/Cl. The van der Waals surface area contributed by atoms with Gasteiger partial charge >= 0.3 is 0 Å². The Balaban J connectivity index is 2.83. The molecule has 1 N–H and O–H groups in total. The van der Waals surface area contributed by atoms with Gasteiger partial charge in [0.15, 0.2) is 0 Å². The smallest absolute Gasteiger partial charge is 0.143 e. The molecule has 0 saturated carbocycles. The van der Waals surface area contributed by atoms with Crippen molar-refractivity contribution in [3.8, 4) is 5.75 Å². The maximum absolute atomic E-state index is 9.05. The summed E-state index contributed by atoms with van der Waals surface area (Å²) in [7, 11) is 0. The molecule has 2 nitrogen and oxygen atoms in total. The summed E-state index contributed by atoms with van der Waals surface area (Å²) >= 11 is 16.9. The molecule has 0 atom stereocenters. The Morgan fingerprint density at radius 3 is 2.80 bits per heavy atom. The van der Waals surface area contributed by atoms with Crippen molar-refractivity contribution < 1.29 is 9.84 Å². The first-order chi connectivity index (χ1) is 7.19. The van der Waals surface area contributed by atoms with Crippen LogP contribution in [0.1, 0.15) is 5.56 Å². The summed E-state index contributed by atoms with van der Waals surface area (Å²) in [5.41, 5.74) is 1.83. The van der Waals surface area contributed by atoms with Crippen molar-refractivity contribution in [2.75, 3.05) is 6.61 Å². The lowest BCUT2D eigenvalue weighted by Crippen LogP contribution is -2.00. The first-order valence-electron chi connectivity index (χ1n) is 4.15. The van der Waals surface area contributed by atoms with Crippen molar-refractivity contribution in [2.24, 2.45) is 0 Å². The molecule has 0 saturated heterocycles.